The number of benzene rings is 2. The van der Waals surface area contributed by atoms with Gasteiger partial charge in [-0.25, -0.2) is 0 Å². The van der Waals surface area contributed by atoms with Crippen LogP contribution in [0.5, 0.6) is 0 Å². The van der Waals surface area contributed by atoms with Crippen molar-refractivity contribution in [2.75, 3.05) is 25.1 Å². The zero-order valence-electron chi connectivity index (χ0n) is 14.0. The van der Waals surface area contributed by atoms with Gasteiger partial charge in [-0.1, -0.05) is 30.3 Å². The monoisotopic (exact) mass is 338 g/mol. The maximum Gasteiger partial charge on any atom is 0.251 e. The van der Waals surface area contributed by atoms with Crippen molar-refractivity contribution < 1.29 is 14.3 Å². The zero-order chi connectivity index (χ0) is 17.1. The number of carbonyl (C=O) groups excluding carboxylic acids is 1. The van der Waals surface area contributed by atoms with Gasteiger partial charge < -0.3 is 20.1 Å². The number of hydrogen-bond donors (Lipinski definition) is 2. The van der Waals surface area contributed by atoms with Crippen LogP contribution in [0.4, 0.5) is 5.69 Å². The van der Waals surface area contributed by atoms with Crippen molar-refractivity contribution in [1.29, 1.82) is 0 Å². The van der Waals surface area contributed by atoms with Crippen LogP contribution >= 0.6 is 0 Å². The Morgan fingerprint density at radius 3 is 2.76 bits per heavy atom. The Kier molecular flexibility index (Phi) is 4.68. The van der Waals surface area contributed by atoms with Crippen LogP contribution in [0.3, 0.4) is 0 Å². The van der Waals surface area contributed by atoms with Crippen LogP contribution in [-0.4, -0.2) is 38.0 Å². The first kappa shape index (κ1) is 16.1. The van der Waals surface area contributed by atoms with E-state index >= 15 is 0 Å². The Morgan fingerprint density at radius 2 is 1.96 bits per heavy atom. The summed E-state index contributed by atoms with van der Waals surface area (Å²) in [5, 5.41) is 6.42. The van der Waals surface area contributed by atoms with Gasteiger partial charge in [0.1, 0.15) is 0 Å². The Morgan fingerprint density at radius 1 is 1.16 bits per heavy atom. The first-order chi connectivity index (χ1) is 12.3. The van der Waals surface area contributed by atoms with Crippen molar-refractivity contribution >= 4 is 11.6 Å². The fourth-order valence-corrected chi connectivity index (χ4v) is 3.39. The van der Waals surface area contributed by atoms with Crippen molar-refractivity contribution in [3.05, 3.63) is 65.2 Å². The predicted molar refractivity (Wildman–Crippen MR) is 95.7 cm³/mol. The van der Waals surface area contributed by atoms with E-state index in [1.54, 1.807) is 0 Å². The molecule has 0 spiro atoms. The topological polar surface area (TPSA) is 59.6 Å². The molecule has 0 aromatic heterocycles. The molecule has 1 fully saturated rings. The van der Waals surface area contributed by atoms with E-state index in [0.717, 1.165) is 24.2 Å². The second kappa shape index (κ2) is 7.25. The fourth-order valence-electron chi connectivity index (χ4n) is 3.39. The highest BCUT2D eigenvalue weighted by Gasteiger charge is 2.29. The molecule has 1 atom stereocenters. The molecule has 2 aliphatic heterocycles. The molecule has 0 aliphatic carbocycles. The molecule has 25 heavy (non-hydrogen) atoms. The SMILES string of the molecule is O=C(N[C@@H](Cc1ccccc1)C1OCCO1)c1ccc2c(c1)CCN2. The van der Waals surface area contributed by atoms with Gasteiger partial charge in [0.25, 0.3) is 5.91 Å². The summed E-state index contributed by atoms with van der Waals surface area (Å²) >= 11 is 0. The van der Waals surface area contributed by atoms with E-state index in [2.05, 4.69) is 22.8 Å². The molecule has 1 saturated heterocycles. The number of hydrogen-bond acceptors (Lipinski definition) is 4. The second-order valence-corrected chi connectivity index (χ2v) is 6.43. The standard InChI is InChI=1S/C20H22N2O3/c23-19(16-6-7-17-15(13-16)8-9-21-17)22-18(20-24-10-11-25-20)12-14-4-2-1-3-5-14/h1-7,13,18,20-21H,8-12H2,(H,22,23)/t18-/m0/s1. The highest BCUT2D eigenvalue weighted by molar-refractivity contribution is 5.95. The van der Waals surface area contributed by atoms with Crippen molar-refractivity contribution in [3.63, 3.8) is 0 Å². The molecule has 0 bridgehead atoms. The van der Waals surface area contributed by atoms with Crippen LogP contribution in [0.25, 0.3) is 0 Å². The number of ether oxygens (including phenoxy) is 2. The van der Waals surface area contributed by atoms with Gasteiger partial charge in [0.2, 0.25) is 0 Å². The van der Waals surface area contributed by atoms with E-state index < -0.39 is 6.29 Å². The van der Waals surface area contributed by atoms with Gasteiger partial charge in [0.05, 0.1) is 19.3 Å². The molecule has 1 amide bonds. The van der Waals surface area contributed by atoms with Crippen LogP contribution < -0.4 is 10.6 Å². The van der Waals surface area contributed by atoms with E-state index in [0.29, 0.717) is 25.2 Å². The van der Waals surface area contributed by atoms with Gasteiger partial charge in [0.15, 0.2) is 6.29 Å². The third-order valence-corrected chi connectivity index (χ3v) is 4.67. The molecule has 5 nitrogen and oxygen atoms in total. The average molecular weight is 338 g/mol. The quantitative estimate of drug-likeness (QED) is 0.879. The summed E-state index contributed by atoms with van der Waals surface area (Å²) in [6.07, 6.45) is 1.22. The second-order valence-electron chi connectivity index (χ2n) is 6.43. The van der Waals surface area contributed by atoms with E-state index in [9.17, 15) is 4.79 Å². The Balaban J connectivity index is 1.50. The first-order valence-electron chi connectivity index (χ1n) is 8.74. The first-order valence-corrected chi connectivity index (χ1v) is 8.74. The molecular weight excluding hydrogens is 316 g/mol. The Bertz CT molecular complexity index is 742. The zero-order valence-corrected chi connectivity index (χ0v) is 14.0. The number of fused-ring (bicyclic) bond motifs is 1. The lowest BCUT2D eigenvalue weighted by atomic mass is 10.0. The summed E-state index contributed by atoms with van der Waals surface area (Å²) in [7, 11) is 0. The lowest BCUT2D eigenvalue weighted by Gasteiger charge is -2.24. The van der Waals surface area contributed by atoms with Crippen LogP contribution in [0, 0.1) is 0 Å². The number of carbonyl (C=O) groups is 1. The molecule has 130 valence electrons. The molecule has 2 N–H and O–H groups in total. The van der Waals surface area contributed by atoms with E-state index in [4.69, 9.17) is 9.47 Å². The summed E-state index contributed by atoms with van der Waals surface area (Å²) in [4.78, 5) is 12.8. The smallest absolute Gasteiger partial charge is 0.251 e. The van der Waals surface area contributed by atoms with E-state index in [1.165, 1.54) is 5.56 Å². The molecule has 5 heteroatoms. The van der Waals surface area contributed by atoms with Crippen LogP contribution in [0.1, 0.15) is 21.5 Å². The minimum Gasteiger partial charge on any atom is -0.384 e. The molecule has 2 aliphatic rings. The molecule has 4 rings (SSSR count). The molecule has 2 heterocycles. The molecule has 2 aromatic rings. The van der Waals surface area contributed by atoms with Gasteiger partial charge >= 0.3 is 0 Å². The van der Waals surface area contributed by atoms with Gasteiger partial charge in [0, 0.05) is 17.8 Å². The number of anilines is 1. The van der Waals surface area contributed by atoms with Gasteiger partial charge in [-0.3, -0.25) is 4.79 Å². The van der Waals surface area contributed by atoms with Crippen molar-refractivity contribution in [3.8, 4) is 0 Å². The maximum atomic E-state index is 12.8. The lowest BCUT2D eigenvalue weighted by Crippen LogP contribution is -2.45. The summed E-state index contributed by atoms with van der Waals surface area (Å²) < 4.78 is 11.3. The normalized spacial score (nSPS) is 17.8. The highest BCUT2D eigenvalue weighted by atomic mass is 16.7. The molecule has 2 aromatic carbocycles. The third kappa shape index (κ3) is 3.67. The summed E-state index contributed by atoms with van der Waals surface area (Å²) in [6.45, 7) is 2.06. The lowest BCUT2D eigenvalue weighted by molar-refractivity contribution is -0.0652. The maximum absolute atomic E-state index is 12.8. The van der Waals surface area contributed by atoms with Crippen LogP contribution in [0.2, 0.25) is 0 Å². The molecule has 0 radical (unpaired) electrons. The Hall–Kier alpha value is -2.37. The van der Waals surface area contributed by atoms with E-state index in [-0.39, 0.29) is 11.9 Å². The third-order valence-electron chi connectivity index (χ3n) is 4.67. The summed E-state index contributed by atoms with van der Waals surface area (Å²) in [6, 6.07) is 15.7. The average Bonchev–Trinajstić information content (AvgIpc) is 3.33. The van der Waals surface area contributed by atoms with Crippen LogP contribution in [-0.2, 0) is 22.3 Å². The summed E-state index contributed by atoms with van der Waals surface area (Å²) in [5.41, 5.74) is 4.14. The molecule has 0 saturated carbocycles. The number of rotatable bonds is 5. The van der Waals surface area contributed by atoms with Crippen molar-refractivity contribution in [2.24, 2.45) is 0 Å². The van der Waals surface area contributed by atoms with Gasteiger partial charge in [-0.15, -0.1) is 0 Å². The van der Waals surface area contributed by atoms with Crippen molar-refractivity contribution in [2.45, 2.75) is 25.2 Å². The molecular formula is C20H22N2O3. The number of amides is 1. The Labute approximate surface area is 147 Å². The van der Waals surface area contributed by atoms with Gasteiger partial charge in [-0.2, -0.15) is 0 Å². The van der Waals surface area contributed by atoms with Gasteiger partial charge in [-0.05, 0) is 42.2 Å². The fraction of sp³-hybridized carbons (Fsp3) is 0.350. The molecule has 0 unspecified atom stereocenters. The predicted octanol–water partition coefficient (Wildman–Crippen LogP) is 2.37. The van der Waals surface area contributed by atoms with Crippen molar-refractivity contribution in [1.82, 2.24) is 5.32 Å². The summed E-state index contributed by atoms with van der Waals surface area (Å²) in [5.74, 6) is -0.0882. The largest absolute Gasteiger partial charge is 0.384 e. The van der Waals surface area contributed by atoms with E-state index in [1.807, 2.05) is 36.4 Å². The number of nitrogens with one attached hydrogen (secondary N) is 2. The van der Waals surface area contributed by atoms with Crippen LogP contribution in [0.15, 0.2) is 48.5 Å². The minimum atomic E-state index is -0.403. The highest BCUT2D eigenvalue weighted by Crippen LogP contribution is 2.23. The minimum absolute atomic E-state index is 0.0882.